The maximum absolute atomic E-state index is 11.6. The third-order valence-electron chi connectivity index (χ3n) is 2.52. The van der Waals surface area contributed by atoms with Crippen molar-refractivity contribution in [1.82, 2.24) is 4.90 Å². The first-order valence-corrected chi connectivity index (χ1v) is 5.08. The van der Waals surface area contributed by atoms with Gasteiger partial charge in [0, 0.05) is 20.1 Å². The number of amides is 1. The zero-order valence-corrected chi connectivity index (χ0v) is 8.58. The minimum atomic E-state index is 0.294. The molecule has 3 heteroatoms. The van der Waals surface area contributed by atoms with Gasteiger partial charge in [0.05, 0.1) is 12.6 Å². The maximum Gasteiger partial charge on any atom is 0.222 e. The van der Waals surface area contributed by atoms with Crippen molar-refractivity contribution in [3.05, 3.63) is 0 Å². The van der Waals surface area contributed by atoms with Gasteiger partial charge in [0.15, 0.2) is 0 Å². The van der Waals surface area contributed by atoms with E-state index in [2.05, 4.69) is 0 Å². The van der Waals surface area contributed by atoms with Crippen LogP contribution in [0.25, 0.3) is 0 Å². The summed E-state index contributed by atoms with van der Waals surface area (Å²) in [7, 11) is 1.70. The Kier molecular flexibility index (Phi) is 4.22. The molecule has 3 nitrogen and oxygen atoms in total. The molecule has 0 radical (unpaired) electrons. The lowest BCUT2D eigenvalue weighted by Gasteiger charge is -2.23. The Labute approximate surface area is 80.1 Å². The monoisotopic (exact) mass is 185 g/mol. The van der Waals surface area contributed by atoms with Crippen molar-refractivity contribution in [2.24, 2.45) is 0 Å². The summed E-state index contributed by atoms with van der Waals surface area (Å²) in [4.78, 5) is 13.6. The van der Waals surface area contributed by atoms with Crippen LogP contribution in [0.1, 0.15) is 32.6 Å². The van der Waals surface area contributed by atoms with Crippen LogP contribution in [0.2, 0.25) is 0 Å². The Hall–Kier alpha value is -0.570. The summed E-state index contributed by atoms with van der Waals surface area (Å²) in [6, 6.07) is 0.337. The molecule has 0 saturated carbocycles. The highest BCUT2D eigenvalue weighted by Gasteiger charge is 2.27. The van der Waals surface area contributed by atoms with Crippen molar-refractivity contribution in [2.75, 3.05) is 20.3 Å². The Morgan fingerprint density at radius 1 is 1.62 bits per heavy atom. The van der Waals surface area contributed by atoms with Gasteiger partial charge in [-0.3, -0.25) is 4.79 Å². The van der Waals surface area contributed by atoms with Crippen LogP contribution in [0.15, 0.2) is 0 Å². The second-order valence-electron chi connectivity index (χ2n) is 3.59. The lowest BCUT2D eigenvalue weighted by atomic mass is 10.2. The molecule has 1 aliphatic rings. The summed E-state index contributed by atoms with van der Waals surface area (Å²) < 4.78 is 5.09. The highest BCUT2D eigenvalue weighted by Crippen LogP contribution is 2.18. The molecule has 0 aromatic heterocycles. The van der Waals surface area contributed by atoms with E-state index >= 15 is 0 Å². The summed E-state index contributed by atoms with van der Waals surface area (Å²) >= 11 is 0. The Balaban J connectivity index is 2.42. The topological polar surface area (TPSA) is 29.5 Å². The van der Waals surface area contributed by atoms with Crippen LogP contribution in [0.4, 0.5) is 0 Å². The first-order chi connectivity index (χ1) is 6.29. The zero-order chi connectivity index (χ0) is 9.68. The van der Waals surface area contributed by atoms with Gasteiger partial charge >= 0.3 is 0 Å². The van der Waals surface area contributed by atoms with E-state index < -0.39 is 0 Å². The normalized spacial score (nSPS) is 22.3. The SMILES string of the molecule is CCCC(=O)N1CCC[C@H]1COC. The summed E-state index contributed by atoms with van der Waals surface area (Å²) in [6.45, 7) is 3.65. The van der Waals surface area contributed by atoms with Gasteiger partial charge in [-0.1, -0.05) is 6.92 Å². The molecule has 1 rings (SSSR count). The third kappa shape index (κ3) is 2.69. The molecule has 0 unspecified atom stereocenters. The molecule has 1 heterocycles. The lowest BCUT2D eigenvalue weighted by molar-refractivity contribution is -0.132. The molecule has 0 aromatic carbocycles. The number of carbonyl (C=O) groups excluding carboxylic acids is 1. The van der Waals surface area contributed by atoms with Gasteiger partial charge in [0.2, 0.25) is 5.91 Å². The molecular weight excluding hydrogens is 166 g/mol. The smallest absolute Gasteiger partial charge is 0.222 e. The Bertz CT molecular complexity index is 170. The van der Waals surface area contributed by atoms with Crippen LogP contribution in [0.5, 0.6) is 0 Å². The third-order valence-corrected chi connectivity index (χ3v) is 2.52. The zero-order valence-electron chi connectivity index (χ0n) is 8.58. The maximum atomic E-state index is 11.6. The van der Waals surface area contributed by atoms with Crippen molar-refractivity contribution in [2.45, 2.75) is 38.6 Å². The summed E-state index contributed by atoms with van der Waals surface area (Å²) in [6.07, 6.45) is 3.85. The van der Waals surface area contributed by atoms with E-state index in [0.29, 0.717) is 25.0 Å². The van der Waals surface area contributed by atoms with Crippen LogP contribution < -0.4 is 0 Å². The Morgan fingerprint density at radius 3 is 3.00 bits per heavy atom. The lowest BCUT2D eigenvalue weighted by Crippen LogP contribution is -2.37. The minimum Gasteiger partial charge on any atom is -0.383 e. The summed E-state index contributed by atoms with van der Waals surface area (Å²) in [5.74, 6) is 0.294. The number of hydrogen-bond donors (Lipinski definition) is 0. The fourth-order valence-electron chi connectivity index (χ4n) is 1.89. The molecule has 0 bridgehead atoms. The van der Waals surface area contributed by atoms with Gasteiger partial charge < -0.3 is 9.64 Å². The molecular formula is C10H19NO2. The van der Waals surface area contributed by atoms with Crippen LogP contribution in [-0.4, -0.2) is 37.1 Å². The van der Waals surface area contributed by atoms with Gasteiger partial charge in [-0.05, 0) is 19.3 Å². The Morgan fingerprint density at radius 2 is 2.38 bits per heavy atom. The molecule has 0 aromatic rings. The molecule has 1 aliphatic heterocycles. The number of hydrogen-bond acceptors (Lipinski definition) is 2. The van der Waals surface area contributed by atoms with E-state index in [9.17, 15) is 4.79 Å². The fraction of sp³-hybridized carbons (Fsp3) is 0.900. The number of rotatable bonds is 4. The van der Waals surface area contributed by atoms with Crippen LogP contribution in [0.3, 0.4) is 0 Å². The van der Waals surface area contributed by atoms with Crippen molar-refractivity contribution >= 4 is 5.91 Å². The molecule has 0 spiro atoms. The van der Waals surface area contributed by atoms with E-state index in [0.717, 1.165) is 25.8 Å². The average Bonchev–Trinajstić information content (AvgIpc) is 2.54. The average molecular weight is 185 g/mol. The number of nitrogens with zero attached hydrogens (tertiary/aromatic N) is 1. The minimum absolute atomic E-state index is 0.294. The van der Waals surface area contributed by atoms with Crippen molar-refractivity contribution in [3.63, 3.8) is 0 Å². The molecule has 1 saturated heterocycles. The highest BCUT2D eigenvalue weighted by atomic mass is 16.5. The van der Waals surface area contributed by atoms with Crippen molar-refractivity contribution in [1.29, 1.82) is 0 Å². The first-order valence-electron chi connectivity index (χ1n) is 5.08. The predicted molar refractivity (Wildman–Crippen MR) is 51.5 cm³/mol. The van der Waals surface area contributed by atoms with Gasteiger partial charge in [-0.2, -0.15) is 0 Å². The highest BCUT2D eigenvalue weighted by molar-refractivity contribution is 5.76. The quantitative estimate of drug-likeness (QED) is 0.663. The largest absolute Gasteiger partial charge is 0.383 e. The van der Waals surface area contributed by atoms with E-state index in [1.54, 1.807) is 7.11 Å². The second kappa shape index (κ2) is 5.22. The van der Waals surface area contributed by atoms with Crippen molar-refractivity contribution < 1.29 is 9.53 Å². The predicted octanol–water partition coefficient (Wildman–Crippen LogP) is 1.42. The standard InChI is InChI=1S/C10H19NO2/c1-3-5-10(12)11-7-4-6-9(11)8-13-2/h9H,3-8H2,1-2H3/t9-/m0/s1. The fourth-order valence-corrected chi connectivity index (χ4v) is 1.89. The number of carbonyl (C=O) groups is 1. The van der Waals surface area contributed by atoms with Gasteiger partial charge in [-0.15, -0.1) is 0 Å². The summed E-state index contributed by atoms with van der Waals surface area (Å²) in [5.41, 5.74) is 0. The molecule has 1 amide bonds. The van der Waals surface area contributed by atoms with Crippen molar-refractivity contribution in [3.8, 4) is 0 Å². The van der Waals surface area contributed by atoms with Gasteiger partial charge in [-0.25, -0.2) is 0 Å². The van der Waals surface area contributed by atoms with E-state index in [1.165, 1.54) is 0 Å². The second-order valence-corrected chi connectivity index (χ2v) is 3.59. The molecule has 0 N–H and O–H groups in total. The molecule has 1 fully saturated rings. The van der Waals surface area contributed by atoms with Crippen LogP contribution in [-0.2, 0) is 9.53 Å². The number of methoxy groups -OCH3 is 1. The van der Waals surface area contributed by atoms with Gasteiger partial charge in [0.25, 0.3) is 0 Å². The molecule has 0 aliphatic carbocycles. The molecule has 13 heavy (non-hydrogen) atoms. The summed E-state index contributed by atoms with van der Waals surface area (Å²) in [5, 5.41) is 0. The van der Waals surface area contributed by atoms with E-state index in [-0.39, 0.29) is 0 Å². The van der Waals surface area contributed by atoms with Crippen LogP contribution in [0, 0.1) is 0 Å². The first kappa shape index (κ1) is 10.5. The number of ether oxygens (including phenoxy) is 1. The van der Waals surface area contributed by atoms with E-state index in [4.69, 9.17) is 4.74 Å². The van der Waals surface area contributed by atoms with E-state index in [1.807, 2.05) is 11.8 Å². The van der Waals surface area contributed by atoms with Crippen LogP contribution >= 0.6 is 0 Å². The number of likely N-dealkylation sites (tertiary alicyclic amines) is 1. The molecule has 1 atom stereocenters. The molecule has 76 valence electrons. The van der Waals surface area contributed by atoms with Gasteiger partial charge in [0.1, 0.15) is 0 Å².